The summed E-state index contributed by atoms with van der Waals surface area (Å²) < 4.78 is 5.24. The zero-order valence-corrected chi connectivity index (χ0v) is 12.7. The summed E-state index contributed by atoms with van der Waals surface area (Å²) in [7, 11) is 0. The molecule has 0 aliphatic carbocycles. The van der Waals surface area contributed by atoms with Gasteiger partial charge in [-0.15, -0.1) is 0 Å². The fraction of sp³-hybridized carbons (Fsp3) is 0.588. The Labute approximate surface area is 117 Å². The van der Waals surface area contributed by atoms with Crippen molar-refractivity contribution in [3.05, 3.63) is 35.4 Å². The Morgan fingerprint density at radius 2 is 1.79 bits per heavy atom. The number of carbonyl (C=O) groups excluding carboxylic acids is 1. The van der Waals surface area contributed by atoms with Crippen LogP contribution >= 0.6 is 0 Å². The van der Waals surface area contributed by atoms with Gasteiger partial charge in [-0.05, 0) is 29.9 Å². The van der Waals surface area contributed by atoms with Crippen LogP contribution in [-0.4, -0.2) is 19.0 Å². The van der Waals surface area contributed by atoms with Gasteiger partial charge in [-0.25, -0.2) is 0 Å². The van der Waals surface area contributed by atoms with Crippen LogP contribution in [0, 0.1) is 0 Å². The Balaban J connectivity index is 2.43. The van der Waals surface area contributed by atoms with Crippen LogP contribution in [0.3, 0.4) is 0 Å². The Hall–Kier alpha value is -1.15. The lowest BCUT2D eigenvalue weighted by Crippen LogP contribution is -2.11. The van der Waals surface area contributed by atoms with E-state index in [1.807, 2.05) is 6.92 Å². The van der Waals surface area contributed by atoms with E-state index < -0.39 is 0 Å². The Morgan fingerprint density at radius 1 is 1.16 bits per heavy atom. The first-order valence-electron chi connectivity index (χ1n) is 7.12. The van der Waals surface area contributed by atoms with E-state index in [1.54, 1.807) is 0 Å². The highest BCUT2D eigenvalue weighted by Crippen LogP contribution is 2.22. The fourth-order valence-electron chi connectivity index (χ4n) is 1.95. The van der Waals surface area contributed by atoms with Crippen LogP contribution in [0.1, 0.15) is 51.7 Å². The van der Waals surface area contributed by atoms with Gasteiger partial charge in [0.25, 0.3) is 0 Å². The Morgan fingerprint density at radius 3 is 2.32 bits per heavy atom. The van der Waals surface area contributed by atoms with Crippen LogP contribution in [0.4, 0.5) is 0 Å². The molecule has 106 valence electrons. The molecule has 0 N–H and O–H groups in total. The zero-order valence-electron chi connectivity index (χ0n) is 12.7. The summed E-state index contributed by atoms with van der Waals surface area (Å²) >= 11 is 0. The summed E-state index contributed by atoms with van der Waals surface area (Å²) in [5.41, 5.74) is 2.58. The summed E-state index contributed by atoms with van der Waals surface area (Å²) in [5, 5.41) is 0. The number of benzene rings is 1. The van der Waals surface area contributed by atoms with Crippen LogP contribution in [0.2, 0.25) is 0 Å². The maximum Gasteiger partial charge on any atom is 0.137 e. The molecule has 2 nitrogen and oxygen atoms in total. The van der Waals surface area contributed by atoms with Crippen molar-refractivity contribution in [2.45, 2.75) is 52.4 Å². The molecule has 0 atom stereocenters. The molecule has 1 aromatic carbocycles. The summed E-state index contributed by atoms with van der Waals surface area (Å²) in [5.74, 6) is 0.295. The van der Waals surface area contributed by atoms with E-state index in [1.165, 1.54) is 5.56 Å². The van der Waals surface area contributed by atoms with E-state index in [9.17, 15) is 4.79 Å². The minimum Gasteiger partial charge on any atom is -0.382 e. The average molecular weight is 262 g/mol. The van der Waals surface area contributed by atoms with Gasteiger partial charge in [0.15, 0.2) is 0 Å². The SMILES string of the molecule is CCOCCCC(=O)Cc1ccc(C(C)(C)C)cc1. The first-order valence-corrected chi connectivity index (χ1v) is 7.12. The second-order valence-electron chi connectivity index (χ2n) is 5.96. The van der Waals surface area contributed by atoms with Gasteiger partial charge in [0.2, 0.25) is 0 Å². The number of hydrogen-bond donors (Lipinski definition) is 0. The van der Waals surface area contributed by atoms with Crippen LogP contribution in [0.15, 0.2) is 24.3 Å². The molecule has 0 heterocycles. The molecular weight excluding hydrogens is 236 g/mol. The molecule has 0 aliphatic heterocycles. The molecule has 0 spiro atoms. The van der Waals surface area contributed by atoms with Crippen LogP contribution in [0.25, 0.3) is 0 Å². The predicted octanol–water partition coefficient (Wildman–Crippen LogP) is 3.91. The Bertz CT molecular complexity index is 385. The third kappa shape index (κ3) is 6.02. The number of ketones is 1. The topological polar surface area (TPSA) is 26.3 Å². The highest BCUT2D eigenvalue weighted by Gasteiger charge is 2.13. The summed E-state index contributed by atoms with van der Waals surface area (Å²) in [6, 6.07) is 8.40. The van der Waals surface area contributed by atoms with Gasteiger partial charge < -0.3 is 4.74 Å². The quantitative estimate of drug-likeness (QED) is 0.696. The number of hydrogen-bond acceptors (Lipinski definition) is 2. The standard InChI is InChI=1S/C17H26O2/c1-5-19-12-6-7-16(18)13-14-8-10-15(11-9-14)17(2,3)4/h8-11H,5-7,12-13H2,1-4H3. The number of carbonyl (C=O) groups is 1. The third-order valence-corrected chi connectivity index (χ3v) is 3.17. The smallest absolute Gasteiger partial charge is 0.137 e. The lowest BCUT2D eigenvalue weighted by Gasteiger charge is -2.19. The average Bonchev–Trinajstić information content (AvgIpc) is 2.34. The Kier molecular flexibility index (Phi) is 6.23. The number of ether oxygens (including phenoxy) is 1. The van der Waals surface area contributed by atoms with Crippen molar-refractivity contribution < 1.29 is 9.53 Å². The number of rotatable bonds is 7. The van der Waals surface area contributed by atoms with Crippen LogP contribution in [0.5, 0.6) is 0 Å². The molecule has 0 aliphatic rings. The highest BCUT2D eigenvalue weighted by atomic mass is 16.5. The fourth-order valence-corrected chi connectivity index (χ4v) is 1.95. The summed E-state index contributed by atoms with van der Waals surface area (Å²) in [4.78, 5) is 11.8. The van der Waals surface area contributed by atoms with Gasteiger partial charge in [-0.3, -0.25) is 4.79 Å². The third-order valence-electron chi connectivity index (χ3n) is 3.17. The van der Waals surface area contributed by atoms with Crippen molar-refractivity contribution in [3.8, 4) is 0 Å². The van der Waals surface area contributed by atoms with Gasteiger partial charge in [0.1, 0.15) is 5.78 Å². The van der Waals surface area contributed by atoms with Crippen molar-refractivity contribution in [1.29, 1.82) is 0 Å². The first-order chi connectivity index (χ1) is 8.93. The van der Waals surface area contributed by atoms with E-state index in [4.69, 9.17) is 4.74 Å². The van der Waals surface area contributed by atoms with Crippen molar-refractivity contribution in [2.75, 3.05) is 13.2 Å². The largest absolute Gasteiger partial charge is 0.382 e. The molecule has 0 saturated heterocycles. The molecule has 1 aromatic rings. The van der Waals surface area contributed by atoms with Gasteiger partial charge in [0, 0.05) is 26.1 Å². The molecule has 0 unspecified atom stereocenters. The first kappa shape index (κ1) is 15.9. The van der Waals surface area contributed by atoms with Crippen molar-refractivity contribution in [1.82, 2.24) is 0 Å². The van der Waals surface area contributed by atoms with Crippen LogP contribution < -0.4 is 0 Å². The lowest BCUT2D eigenvalue weighted by atomic mass is 9.86. The van der Waals surface area contributed by atoms with E-state index in [0.29, 0.717) is 25.2 Å². The molecule has 0 radical (unpaired) electrons. The van der Waals surface area contributed by atoms with Gasteiger partial charge >= 0.3 is 0 Å². The van der Waals surface area contributed by atoms with Crippen molar-refractivity contribution in [2.24, 2.45) is 0 Å². The monoisotopic (exact) mass is 262 g/mol. The highest BCUT2D eigenvalue weighted by molar-refractivity contribution is 5.80. The second-order valence-corrected chi connectivity index (χ2v) is 5.96. The molecule has 19 heavy (non-hydrogen) atoms. The van der Waals surface area contributed by atoms with E-state index >= 15 is 0 Å². The minimum absolute atomic E-state index is 0.167. The maximum absolute atomic E-state index is 11.8. The van der Waals surface area contributed by atoms with E-state index in [0.717, 1.165) is 18.6 Å². The summed E-state index contributed by atoms with van der Waals surface area (Å²) in [6.45, 7) is 9.97. The molecule has 1 rings (SSSR count). The van der Waals surface area contributed by atoms with Gasteiger partial charge in [-0.2, -0.15) is 0 Å². The van der Waals surface area contributed by atoms with Gasteiger partial charge in [-0.1, -0.05) is 45.0 Å². The summed E-state index contributed by atoms with van der Waals surface area (Å²) in [6.07, 6.45) is 1.98. The minimum atomic E-state index is 0.167. The van der Waals surface area contributed by atoms with E-state index in [2.05, 4.69) is 45.0 Å². The normalized spacial score (nSPS) is 11.6. The van der Waals surface area contributed by atoms with Crippen molar-refractivity contribution >= 4 is 5.78 Å². The predicted molar refractivity (Wildman–Crippen MR) is 79.6 cm³/mol. The number of Topliss-reactive ketones (excluding diaryl/α,β-unsaturated/α-hetero) is 1. The van der Waals surface area contributed by atoms with E-state index in [-0.39, 0.29) is 5.41 Å². The lowest BCUT2D eigenvalue weighted by molar-refractivity contribution is -0.118. The second kappa shape index (κ2) is 7.44. The molecule has 0 aromatic heterocycles. The van der Waals surface area contributed by atoms with Gasteiger partial charge in [0.05, 0.1) is 0 Å². The molecule has 2 heteroatoms. The maximum atomic E-state index is 11.8. The van der Waals surface area contributed by atoms with Crippen molar-refractivity contribution in [3.63, 3.8) is 0 Å². The molecular formula is C17H26O2. The zero-order chi connectivity index (χ0) is 14.3. The molecule has 0 fully saturated rings. The molecule has 0 bridgehead atoms. The molecule has 0 saturated carbocycles. The molecule has 0 amide bonds. The van der Waals surface area contributed by atoms with Crippen LogP contribution in [-0.2, 0) is 21.4 Å².